The first kappa shape index (κ1) is 16.6. The van der Waals surface area contributed by atoms with E-state index in [9.17, 15) is 14.4 Å². The Bertz CT molecular complexity index is 795. The molecule has 1 fully saturated rings. The number of carbonyl (C=O) groups excluding carboxylic acids is 3. The second kappa shape index (κ2) is 7.12. The van der Waals surface area contributed by atoms with Gasteiger partial charge in [-0.1, -0.05) is 5.16 Å². The van der Waals surface area contributed by atoms with Gasteiger partial charge < -0.3 is 19.6 Å². The number of carbonyl (C=O) groups is 3. The number of aryl methyl sites for hydroxylation is 1. The second-order valence-electron chi connectivity index (χ2n) is 5.64. The van der Waals surface area contributed by atoms with E-state index in [4.69, 9.17) is 4.52 Å². The van der Waals surface area contributed by atoms with Gasteiger partial charge in [0.2, 0.25) is 6.41 Å². The molecule has 3 rings (SSSR count). The van der Waals surface area contributed by atoms with Crippen LogP contribution in [0.3, 0.4) is 0 Å². The molecule has 9 heteroatoms. The summed E-state index contributed by atoms with van der Waals surface area (Å²) in [4.78, 5) is 42.8. The Morgan fingerprint density at radius 3 is 2.64 bits per heavy atom. The first-order valence-corrected chi connectivity index (χ1v) is 7.76. The molecular formula is C16H17N5O4. The Labute approximate surface area is 143 Å². The number of rotatable bonds is 4. The van der Waals surface area contributed by atoms with E-state index in [0.29, 0.717) is 37.5 Å². The van der Waals surface area contributed by atoms with Gasteiger partial charge in [0.05, 0.1) is 0 Å². The van der Waals surface area contributed by atoms with Crippen molar-refractivity contribution in [3.05, 3.63) is 41.4 Å². The van der Waals surface area contributed by atoms with E-state index in [1.54, 1.807) is 28.9 Å². The smallest absolute Gasteiger partial charge is 0.275 e. The molecule has 0 spiro atoms. The summed E-state index contributed by atoms with van der Waals surface area (Å²) in [5, 5.41) is 6.25. The van der Waals surface area contributed by atoms with Crippen molar-refractivity contribution in [1.29, 1.82) is 0 Å². The maximum Gasteiger partial charge on any atom is 0.275 e. The van der Waals surface area contributed by atoms with Gasteiger partial charge in [-0.15, -0.1) is 0 Å². The van der Waals surface area contributed by atoms with E-state index >= 15 is 0 Å². The zero-order chi connectivity index (χ0) is 17.8. The van der Waals surface area contributed by atoms with Crippen molar-refractivity contribution < 1.29 is 18.9 Å². The van der Waals surface area contributed by atoms with Crippen molar-refractivity contribution in [1.82, 2.24) is 19.9 Å². The van der Waals surface area contributed by atoms with Crippen molar-refractivity contribution >= 4 is 24.0 Å². The highest BCUT2D eigenvalue weighted by atomic mass is 16.5. The average molecular weight is 343 g/mol. The van der Waals surface area contributed by atoms with Crippen LogP contribution in [0.2, 0.25) is 0 Å². The minimum atomic E-state index is -0.478. The predicted molar refractivity (Wildman–Crippen MR) is 87.0 cm³/mol. The van der Waals surface area contributed by atoms with Gasteiger partial charge >= 0.3 is 0 Å². The number of amides is 3. The lowest BCUT2D eigenvalue weighted by atomic mass is 10.1. The first-order valence-electron chi connectivity index (χ1n) is 7.76. The normalized spacial score (nSPS) is 14.3. The lowest BCUT2D eigenvalue weighted by molar-refractivity contribution is -0.119. The molecule has 0 bridgehead atoms. The third-order valence-corrected chi connectivity index (χ3v) is 3.86. The molecule has 0 unspecified atom stereocenters. The maximum absolute atomic E-state index is 12.6. The van der Waals surface area contributed by atoms with Crippen molar-refractivity contribution in [2.45, 2.75) is 6.92 Å². The van der Waals surface area contributed by atoms with Crippen molar-refractivity contribution in [3.8, 4) is 0 Å². The van der Waals surface area contributed by atoms with Crippen LogP contribution < -0.4 is 5.32 Å². The Morgan fingerprint density at radius 1 is 1.24 bits per heavy atom. The Hall–Kier alpha value is -3.23. The molecule has 9 nitrogen and oxygen atoms in total. The topological polar surface area (TPSA) is 109 Å². The summed E-state index contributed by atoms with van der Waals surface area (Å²) in [5.41, 5.74) is 0.481. The molecule has 1 saturated heterocycles. The van der Waals surface area contributed by atoms with Crippen LogP contribution in [0, 0.1) is 6.92 Å². The molecule has 1 aliphatic heterocycles. The summed E-state index contributed by atoms with van der Waals surface area (Å²) in [6.45, 7) is 3.63. The summed E-state index contributed by atoms with van der Waals surface area (Å²) in [5.74, 6) is 0.181. The fourth-order valence-corrected chi connectivity index (χ4v) is 2.51. The van der Waals surface area contributed by atoms with Crippen LogP contribution in [-0.2, 0) is 4.79 Å². The molecule has 1 aliphatic rings. The number of nitrogens with zero attached hydrogens (tertiary/aromatic N) is 4. The highest BCUT2D eigenvalue weighted by Gasteiger charge is 2.22. The second-order valence-corrected chi connectivity index (χ2v) is 5.64. The molecule has 2 aromatic heterocycles. The first-order chi connectivity index (χ1) is 12.1. The van der Waals surface area contributed by atoms with E-state index in [2.05, 4.69) is 15.5 Å². The number of nitrogens with one attached hydrogen (secondary N) is 1. The van der Waals surface area contributed by atoms with Gasteiger partial charge in [-0.3, -0.25) is 19.4 Å². The molecule has 25 heavy (non-hydrogen) atoms. The summed E-state index contributed by atoms with van der Waals surface area (Å²) in [6, 6.07) is 4.58. The van der Waals surface area contributed by atoms with Gasteiger partial charge in [-0.25, -0.2) is 0 Å². The number of piperazine rings is 1. The molecule has 0 aliphatic carbocycles. The van der Waals surface area contributed by atoms with Crippen LogP contribution >= 0.6 is 0 Å². The zero-order valence-electron chi connectivity index (χ0n) is 13.6. The monoisotopic (exact) mass is 343 g/mol. The van der Waals surface area contributed by atoms with Gasteiger partial charge in [0.15, 0.2) is 5.82 Å². The molecule has 3 heterocycles. The minimum absolute atomic E-state index is 0.109. The SMILES string of the molecule is Cc1cc(NC(=O)c2cc(C(=O)N3CCN(C=O)CC3)ccn2)no1. The van der Waals surface area contributed by atoms with E-state index in [-0.39, 0.29) is 17.4 Å². The van der Waals surface area contributed by atoms with Crippen molar-refractivity contribution in [3.63, 3.8) is 0 Å². The van der Waals surface area contributed by atoms with Crippen LogP contribution in [0.5, 0.6) is 0 Å². The molecule has 2 aromatic rings. The summed E-state index contributed by atoms with van der Waals surface area (Å²) in [6.07, 6.45) is 2.19. The fourth-order valence-electron chi connectivity index (χ4n) is 2.51. The molecule has 1 N–H and O–H groups in total. The summed E-state index contributed by atoms with van der Waals surface area (Å²) < 4.78 is 4.89. The number of aromatic nitrogens is 2. The highest BCUT2D eigenvalue weighted by molar-refractivity contribution is 6.04. The highest BCUT2D eigenvalue weighted by Crippen LogP contribution is 2.12. The molecule has 0 aromatic carbocycles. The van der Waals surface area contributed by atoms with E-state index in [1.807, 2.05) is 0 Å². The third kappa shape index (κ3) is 3.82. The van der Waals surface area contributed by atoms with Gasteiger partial charge in [0, 0.05) is 44.0 Å². The van der Waals surface area contributed by atoms with Crippen LogP contribution in [-0.4, -0.2) is 64.3 Å². The lowest BCUT2D eigenvalue weighted by Gasteiger charge is -2.32. The Balaban J connectivity index is 1.69. The number of hydrogen-bond donors (Lipinski definition) is 1. The predicted octanol–water partition coefficient (Wildman–Crippen LogP) is 0.545. The van der Waals surface area contributed by atoms with Gasteiger partial charge in [0.25, 0.3) is 11.8 Å². The van der Waals surface area contributed by atoms with Crippen LogP contribution in [0.1, 0.15) is 26.6 Å². The zero-order valence-corrected chi connectivity index (χ0v) is 13.6. The summed E-state index contributed by atoms with van der Waals surface area (Å²) in [7, 11) is 0. The number of hydrogen-bond acceptors (Lipinski definition) is 6. The molecular weight excluding hydrogens is 326 g/mol. The fraction of sp³-hybridized carbons (Fsp3) is 0.312. The van der Waals surface area contributed by atoms with Crippen LogP contribution in [0.4, 0.5) is 5.82 Å². The van der Waals surface area contributed by atoms with Crippen LogP contribution in [0.25, 0.3) is 0 Å². The number of pyridine rings is 1. The molecule has 130 valence electrons. The van der Waals surface area contributed by atoms with Crippen molar-refractivity contribution in [2.24, 2.45) is 0 Å². The van der Waals surface area contributed by atoms with E-state index < -0.39 is 5.91 Å². The molecule has 0 saturated carbocycles. The Kier molecular flexibility index (Phi) is 4.73. The minimum Gasteiger partial charge on any atom is -0.360 e. The molecule has 0 radical (unpaired) electrons. The molecule has 0 atom stereocenters. The van der Waals surface area contributed by atoms with Gasteiger partial charge in [-0.05, 0) is 19.1 Å². The quantitative estimate of drug-likeness (QED) is 0.812. The average Bonchev–Trinajstić information content (AvgIpc) is 3.06. The van der Waals surface area contributed by atoms with E-state index in [1.165, 1.54) is 12.3 Å². The number of anilines is 1. The van der Waals surface area contributed by atoms with Crippen molar-refractivity contribution in [2.75, 3.05) is 31.5 Å². The van der Waals surface area contributed by atoms with Gasteiger partial charge in [0.1, 0.15) is 11.5 Å². The molecule has 3 amide bonds. The van der Waals surface area contributed by atoms with Crippen LogP contribution in [0.15, 0.2) is 28.9 Å². The largest absolute Gasteiger partial charge is 0.360 e. The van der Waals surface area contributed by atoms with E-state index in [0.717, 1.165) is 6.41 Å². The lowest BCUT2D eigenvalue weighted by Crippen LogP contribution is -2.48. The Morgan fingerprint density at radius 2 is 2.00 bits per heavy atom. The maximum atomic E-state index is 12.6. The third-order valence-electron chi connectivity index (χ3n) is 3.86. The standard InChI is InChI=1S/C16H17N5O4/c1-11-8-14(19-25-11)18-15(23)13-9-12(2-3-17-13)16(24)21-6-4-20(10-22)5-7-21/h2-3,8-10H,4-7H2,1H3,(H,18,19,23). The van der Waals surface area contributed by atoms with Gasteiger partial charge in [-0.2, -0.15) is 0 Å². The summed E-state index contributed by atoms with van der Waals surface area (Å²) >= 11 is 0.